The SMILES string of the molecule is CC(C)C1CC(C2CC2c2cnc3c(c2)nnn3C)CN(C)C1. The lowest BCUT2D eigenvalue weighted by Gasteiger charge is -2.38. The quantitative estimate of drug-likeness (QED) is 0.874. The van der Waals surface area contributed by atoms with Gasteiger partial charge in [-0.05, 0) is 61.1 Å². The molecule has 4 rings (SSSR count). The first kappa shape index (κ1) is 15.1. The molecule has 1 aliphatic heterocycles. The van der Waals surface area contributed by atoms with Gasteiger partial charge in [-0.15, -0.1) is 5.10 Å². The number of fused-ring (bicyclic) bond motifs is 1. The van der Waals surface area contributed by atoms with E-state index in [9.17, 15) is 0 Å². The summed E-state index contributed by atoms with van der Waals surface area (Å²) in [6.45, 7) is 7.26. The molecule has 2 aromatic rings. The van der Waals surface area contributed by atoms with E-state index in [1.807, 2.05) is 13.2 Å². The van der Waals surface area contributed by atoms with Gasteiger partial charge in [-0.25, -0.2) is 9.67 Å². The van der Waals surface area contributed by atoms with Gasteiger partial charge < -0.3 is 4.90 Å². The van der Waals surface area contributed by atoms with Crippen LogP contribution >= 0.6 is 0 Å². The Morgan fingerprint density at radius 2 is 2.00 bits per heavy atom. The second kappa shape index (κ2) is 5.55. The molecular formula is C18H27N5. The highest BCUT2D eigenvalue weighted by molar-refractivity contribution is 5.70. The van der Waals surface area contributed by atoms with E-state index in [2.05, 4.69) is 47.2 Å². The van der Waals surface area contributed by atoms with E-state index in [4.69, 9.17) is 0 Å². The Kier molecular flexibility index (Phi) is 3.63. The van der Waals surface area contributed by atoms with Crippen molar-refractivity contribution in [2.24, 2.45) is 30.7 Å². The average Bonchev–Trinajstić information content (AvgIpc) is 3.25. The maximum Gasteiger partial charge on any atom is 0.178 e. The zero-order valence-corrected chi connectivity index (χ0v) is 14.6. The predicted molar refractivity (Wildman–Crippen MR) is 91.1 cm³/mol. The second-order valence-electron chi connectivity index (χ2n) is 8.05. The zero-order chi connectivity index (χ0) is 16.1. The Bertz CT molecular complexity index is 706. The smallest absolute Gasteiger partial charge is 0.178 e. The fourth-order valence-corrected chi connectivity index (χ4v) is 4.47. The van der Waals surface area contributed by atoms with Crippen molar-refractivity contribution in [3.63, 3.8) is 0 Å². The third-order valence-corrected chi connectivity index (χ3v) is 5.98. The largest absolute Gasteiger partial charge is 0.306 e. The Hall–Kier alpha value is -1.49. The van der Waals surface area contributed by atoms with E-state index in [0.717, 1.165) is 34.8 Å². The topological polar surface area (TPSA) is 46.8 Å². The molecule has 0 N–H and O–H groups in total. The second-order valence-corrected chi connectivity index (χ2v) is 8.05. The Balaban J connectivity index is 1.49. The van der Waals surface area contributed by atoms with Crippen molar-refractivity contribution in [3.8, 4) is 0 Å². The Labute approximate surface area is 138 Å². The van der Waals surface area contributed by atoms with E-state index < -0.39 is 0 Å². The van der Waals surface area contributed by atoms with Gasteiger partial charge in [-0.1, -0.05) is 19.1 Å². The van der Waals surface area contributed by atoms with Crippen LogP contribution in [-0.2, 0) is 7.05 Å². The van der Waals surface area contributed by atoms with Crippen LogP contribution in [0, 0.1) is 23.7 Å². The summed E-state index contributed by atoms with van der Waals surface area (Å²) < 4.78 is 1.74. The molecular weight excluding hydrogens is 286 g/mol. The van der Waals surface area contributed by atoms with Gasteiger partial charge in [0.25, 0.3) is 0 Å². The molecule has 5 nitrogen and oxygen atoms in total. The van der Waals surface area contributed by atoms with E-state index in [0.29, 0.717) is 5.92 Å². The van der Waals surface area contributed by atoms with Crippen LogP contribution in [-0.4, -0.2) is 45.0 Å². The van der Waals surface area contributed by atoms with E-state index in [-0.39, 0.29) is 0 Å². The molecule has 1 saturated carbocycles. The van der Waals surface area contributed by atoms with Gasteiger partial charge >= 0.3 is 0 Å². The van der Waals surface area contributed by atoms with Crippen molar-refractivity contribution in [2.45, 2.75) is 32.6 Å². The minimum Gasteiger partial charge on any atom is -0.306 e. The van der Waals surface area contributed by atoms with Crippen LogP contribution in [0.15, 0.2) is 12.3 Å². The third kappa shape index (κ3) is 2.75. The molecule has 23 heavy (non-hydrogen) atoms. The summed E-state index contributed by atoms with van der Waals surface area (Å²) in [5.41, 5.74) is 3.16. The van der Waals surface area contributed by atoms with Gasteiger partial charge in [-0.3, -0.25) is 0 Å². The molecule has 0 aromatic carbocycles. The van der Waals surface area contributed by atoms with E-state index in [1.54, 1.807) is 4.68 Å². The fraction of sp³-hybridized carbons (Fsp3) is 0.722. The summed E-state index contributed by atoms with van der Waals surface area (Å²) in [7, 11) is 4.18. The summed E-state index contributed by atoms with van der Waals surface area (Å²) in [6.07, 6.45) is 4.75. The van der Waals surface area contributed by atoms with Crippen molar-refractivity contribution in [1.82, 2.24) is 24.9 Å². The summed E-state index contributed by atoms with van der Waals surface area (Å²) in [5.74, 6) is 3.98. The van der Waals surface area contributed by atoms with Gasteiger partial charge in [0.05, 0.1) is 0 Å². The first-order valence-corrected chi connectivity index (χ1v) is 8.86. The first-order chi connectivity index (χ1) is 11.0. The predicted octanol–water partition coefficient (Wildman–Crippen LogP) is 2.69. The molecule has 1 saturated heterocycles. The van der Waals surface area contributed by atoms with Crippen molar-refractivity contribution in [3.05, 3.63) is 17.8 Å². The van der Waals surface area contributed by atoms with E-state index >= 15 is 0 Å². The number of aryl methyl sites for hydroxylation is 1. The number of piperidine rings is 1. The maximum absolute atomic E-state index is 4.57. The van der Waals surface area contributed by atoms with Crippen LogP contribution in [0.4, 0.5) is 0 Å². The first-order valence-electron chi connectivity index (χ1n) is 8.86. The van der Waals surface area contributed by atoms with Crippen LogP contribution in [0.3, 0.4) is 0 Å². The number of nitrogens with zero attached hydrogens (tertiary/aromatic N) is 5. The molecule has 0 radical (unpaired) electrons. The number of hydrogen-bond donors (Lipinski definition) is 0. The number of hydrogen-bond acceptors (Lipinski definition) is 4. The highest BCUT2D eigenvalue weighted by Crippen LogP contribution is 2.54. The highest BCUT2D eigenvalue weighted by Gasteiger charge is 2.46. The summed E-state index contributed by atoms with van der Waals surface area (Å²) in [6, 6.07) is 2.20. The molecule has 2 aromatic heterocycles. The van der Waals surface area contributed by atoms with Gasteiger partial charge in [-0.2, -0.15) is 0 Å². The molecule has 1 aliphatic carbocycles. The van der Waals surface area contributed by atoms with Crippen molar-refractivity contribution >= 4 is 11.2 Å². The van der Waals surface area contributed by atoms with Gasteiger partial charge in [0, 0.05) is 26.3 Å². The molecule has 2 fully saturated rings. The molecule has 4 unspecified atom stereocenters. The fourth-order valence-electron chi connectivity index (χ4n) is 4.47. The van der Waals surface area contributed by atoms with Gasteiger partial charge in [0.1, 0.15) is 5.52 Å². The number of rotatable bonds is 3. The van der Waals surface area contributed by atoms with Crippen LogP contribution in [0.1, 0.15) is 38.2 Å². The number of aromatic nitrogens is 4. The molecule has 3 heterocycles. The van der Waals surface area contributed by atoms with Crippen molar-refractivity contribution < 1.29 is 0 Å². The summed E-state index contributed by atoms with van der Waals surface area (Å²) in [4.78, 5) is 7.11. The van der Waals surface area contributed by atoms with Crippen LogP contribution < -0.4 is 0 Å². The van der Waals surface area contributed by atoms with Crippen LogP contribution in [0.2, 0.25) is 0 Å². The summed E-state index contributed by atoms with van der Waals surface area (Å²) in [5, 5.41) is 8.28. The lowest BCUT2D eigenvalue weighted by atomic mass is 9.80. The van der Waals surface area contributed by atoms with Crippen molar-refractivity contribution in [2.75, 3.05) is 20.1 Å². The molecule has 4 atom stereocenters. The number of likely N-dealkylation sites (tertiary alicyclic amines) is 1. The minimum absolute atomic E-state index is 0.679. The molecule has 5 heteroatoms. The summed E-state index contributed by atoms with van der Waals surface area (Å²) >= 11 is 0. The van der Waals surface area contributed by atoms with E-state index in [1.165, 1.54) is 31.5 Å². The Morgan fingerprint density at radius 3 is 2.78 bits per heavy atom. The van der Waals surface area contributed by atoms with Gasteiger partial charge in [0.15, 0.2) is 5.65 Å². The van der Waals surface area contributed by atoms with Crippen molar-refractivity contribution in [1.29, 1.82) is 0 Å². The number of pyridine rings is 1. The lowest BCUT2D eigenvalue weighted by Crippen LogP contribution is -2.40. The van der Waals surface area contributed by atoms with Crippen LogP contribution in [0.5, 0.6) is 0 Å². The molecule has 0 bridgehead atoms. The highest BCUT2D eigenvalue weighted by atomic mass is 15.4. The average molecular weight is 313 g/mol. The molecule has 2 aliphatic rings. The third-order valence-electron chi connectivity index (χ3n) is 5.98. The zero-order valence-electron chi connectivity index (χ0n) is 14.6. The minimum atomic E-state index is 0.679. The molecule has 124 valence electrons. The molecule has 0 amide bonds. The maximum atomic E-state index is 4.57. The van der Waals surface area contributed by atoms with Gasteiger partial charge in [0.2, 0.25) is 0 Å². The Morgan fingerprint density at radius 1 is 1.17 bits per heavy atom. The standard InChI is InChI=1S/C18H27N5/c1-11(2)13-5-14(10-22(3)9-13)16-7-15(16)12-6-17-18(19-8-12)23(4)21-20-17/h6,8,11,13-16H,5,7,9-10H2,1-4H3. The van der Waals surface area contributed by atoms with Crippen LogP contribution in [0.25, 0.3) is 11.2 Å². The lowest BCUT2D eigenvalue weighted by molar-refractivity contribution is 0.110. The normalized spacial score (nSPS) is 31.9. The molecule has 0 spiro atoms. The monoisotopic (exact) mass is 313 g/mol.